The third-order valence-electron chi connectivity index (χ3n) is 0.749. The molecule has 0 unspecified atom stereocenters. The molecule has 46 valence electrons. The molecule has 0 atom stereocenters. The molecule has 0 N–H and O–H groups in total. The van der Waals surface area contributed by atoms with Gasteiger partial charge in [-0.15, -0.1) is 0 Å². The van der Waals surface area contributed by atoms with Gasteiger partial charge in [-0.25, -0.2) is 0 Å². The van der Waals surface area contributed by atoms with Crippen molar-refractivity contribution in [1.29, 1.82) is 0 Å². The maximum absolute atomic E-state index is 3.59. The van der Waals surface area contributed by atoms with Crippen LogP contribution in [0.25, 0.3) is 0 Å². The quantitative estimate of drug-likeness (QED) is 0.647. The Labute approximate surface area is 66.9 Å². The molecule has 0 saturated heterocycles. The molecule has 8 heavy (non-hydrogen) atoms. The highest BCUT2D eigenvalue weighted by Gasteiger charge is 1.90. The first-order valence-electron chi connectivity index (χ1n) is 2.39. The van der Waals surface area contributed by atoms with Crippen LogP contribution < -0.4 is 0 Å². The van der Waals surface area contributed by atoms with Crippen molar-refractivity contribution in [2.45, 2.75) is 13.3 Å². The van der Waals surface area contributed by atoms with Crippen LogP contribution in [0, 0.1) is 0 Å². The summed E-state index contributed by atoms with van der Waals surface area (Å²) >= 11 is 6.68. The maximum atomic E-state index is 3.59. The first-order chi connectivity index (χ1) is 3.72. The highest BCUT2D eigenvalue weighted by atomic mass is 79.9. The molecular formula is C6H8Br2. The first-order valence-corrected chi connectivity index (χ1v) is 3.97. The fourth-order valence-electron chi connectivity index (χ4n) is 0.280. The van der Waals surface area contributed by atoms with Gasteiger partial charge in [-0.3, -0.25) is 0 Å². The van der Waals surface area contributed by atoms with Crippen LogP contribution in [0.1, 0.15) is 13.3 Å². The number of halogens is 2. The van der Waals surface area contributed by atoms with Crippen LogP contribution in [0.15, 0.2) is 21.6 Å². The van der Waals surface area contributed by atoms with E-state index in [4.69, 9.17) is 0 Å². The van der Waals surface area contributed by atoms with Crippen molar-refractivity contribution in [2.24, 2.45) is 0 Å². The lowest BCUT2D eigenvalue weighted by atomic mass is 10.4. The zero-order valence-corrected chi connectivity index (χ0v) is 7.92. The van der Waals surface area contributed by atoms with Crippen LogP contribution in [0.5, 0.6) is 0 Å². The summed E-state index contributed by atoms with van der Waals surface area (Å²) in [6.07, 6.45) is 2.78. The molecule has 0 saturated carbocycles. The van der Waals surface area contributed by atoms with Crippen LogP contribution in [0.2, 0.25) is 0 Å². The minimum atomic E-state index is 1.01. The van der Waals surface area contributed by atoms with Crippen molar-refractivity contribution in [3.05, 3.63) is 21.6 Å². The zero-order valence-electron chi connectivity index (χ0n) is 4.75. The van der Waals surface area contributed by atoms with Crippen molar-refractivity contribution in [3.8, 4) is 0 Å². The summed E-state index contributed by atoms with van der Waals surface area (Å²) in [6.45, 7) is 5.67. The van der Waals surface area contributed by atoms with Gasteiger partial charge in [-0.05, 0) is 22.4 Å². The van der Waals surface area contributed by atoms with E-state index in [2.05, 4.69) is 45.4 Å². The largest absolute Gasteiger partial charge is 0.0979 e. The van der Waals surface area contributed by atoms with Gasteiger partial charge in [0.05, 0.1) is 0 Å². The van der Waals surface area contributed by atoms with Crippen molar-refractivity contribution in [1.82, 2.24) is 0 Å². The molecule has 0 fully saturated rings. The second-order valence-corrected chi connectivity index (χ2v) is 3.12. The number of rotatable bonds is 2. The fraction of sp³-hybridized carbons (Fsp3) is 0.333. The average Bonchev–Trinajstić information content (AvgIpc) is 1.84. The smallest absolute Gasteiger partial charge is 0.0270 e. The summed E-state index contributed by atoms with van der Waals surface area (Å²) < 4.78 is 2.20. The molecule has 0 amide bonds. The molecule has 0 rings (SSSR count). The molecule has 0 aromatic carbocycles. The van der Waals surface area contributed by atoms with E-state index in [0.29, 0.717) is 0 Å². The lowest BCUT2D eigenvalue weighted by Crippen LogP contribution is -1.67. The van der Waals surface area contributed by atoms with Crippen LogP contribution in [0.4, 0.5) is 0 Å². The van der Waals surface area contributed by atoms with Crippen LogP contribution in [-0.4, -0.2) is 0 Å². The van der Waals surface area contributed by atoms with Gasteiger partial charge >= 0.3 is 0 Å². The van der Waals surface area contributed by atoms with Gasteiger partial charge in [0.2, 0.25) is 0 Å². The normalized spacial score (nSPS) is 12.9. The summed E-state index contributed by atoms with van der Waals surface area (Å²) in [4.78, 5) is 0. The van der Waals surface area contributed by atoms with Gasteiger partial charge in [-0.2, -0.15) is 0 Å². The van der Waals surface area contributed by atoms with Crippen molar-refractivity contribution in [2.75, 3.05) is 0 Å². The molecule has 0 aliphatic carbocycles. The first kappa shape index (κ1) is 8.44. The van der Waals surface area contributed by atoms with Gasteiger partial charge in [0.1, 0.15) is 0 Å². The van der Waals surface area contributed by atoms with Crippen molar-refractivity contribution < 1.29 is 0 Å². The Morgan fingerprint density at radius 1 is 1.62 bits per heavy atom. The topological polar surface area (TPSA) is 0 Å². The Morgan fingerprint density at radius 3 is 2.25 bits per heavy atom. The summed E-state index contributed by atoms with van der Waals surface area (Å²) in [5.41, 5.74) is 0. The van der Waals surface area contributed by atoms with Gasteiger partial charge in [-0.1, -0.05) is 35.5 Å². The molecule has 2 heteroatoms. The minimum Gasteiger partial charge on any atom is -0.0979 e. The van der Waals surface area contributed by atoms with Gasteiger partial charge in [0, 0.05) is 8.96 Å². The maximum Gasteiger partial charge on any atom is 0.0270 e. The summed E-state index contributed by atoms with van der Waals surface area (Å²) in [5.74, 6) is 0. The van der Waals surface area contributed by atoms with E-state index in [1.165, 1.54) is 0 Å². The average molecular weight is 240 g/mol. The van der Waals surface area contributed by atoms with Gasteiger partial charge in [0.25, 0.3) is 0 Å². The van der Waals surface area contributed by atoms with E-state index < -0.39 is 0 Å². The van der Waals surface area contributed by atoms with E-state index in [1.807, 2.05) is 0 Å². The summed E-state index contributed by atoms with van der Waals surface area (Å²) in [6, 6.07) is 0. The Balaban J connectivity index is 4.03. The van der Waals surface area contributed by atoms with Gasteiger partial charge < -0.3 is 0 Å². The molecule has 0 radical (unpaired) electrons. The third-order valence-corrected chi connectivity index (χ3v) is 3.07. The lowest BCUT2D eigenvalue weighted by Gasteiger charge is -1.91. The standard InChI is InChI=1S/C6H8Br2/c1-3-5(7)6(8)4-2/h3H,1,4H2,2H3/b6-5+. The predicted octanol–water partition coefficient (Wildman–Crippen LogP) is 3.58. The number of hydrogen-bond acceptors (Lipinski definition) is 0. The monoisotopic (exact) mass is 238 g/mol. The molecular weight excluding hydrogens is 232 g/mol. The number of hydrogen-bond donors (Lipinski definition) is 0. The van der Waals surface area contributed by atoms with E-state index in [1.54, 1.807) is 6.08 Å². The predicted molar refractivity (Wildman–Crippen MR) is 45.4 cm³/mol. The molecule has 0 aromatic heterocycles. The zero-order chi connectivity index (χ0) is 6.57. The van der Waals surface area contributed by atoms with E-state index in [-0.39, 0.29) is 0 Å². The van der Waals surface area contributed by atoms with Crippen LogP contribution in [0.3, 0.4) is 0 Å². The summed E-state index contributed by atoms with van der Waals surface area (Å²) in [5, 5.41) is 0. The molecule has 0 nitrogen and oxygen atoms in total. The molecule has 0 bridgehead atoms. The molecule has 0 aliphatic heterocycles. The SMILES string of the molecule is C=C/C(Br)=C(\Br)CC. The third kappa shape index (κ3) is 2.68. The van der Waals surface area contributed by atoms with Crippen molar-refractivity contribution in [3.63, 3.8) is 0 Å². The Bertz CT molecular complexity index is 114. The van der Waals surface area contributed by atoms with E-state index >= 15 is 0 Å². The van der Waals surface area contributed by atoms with Crippen LogP contribution >= 0.6 is 31.9 Å². The van der Waals surface area contributed by atoms with E-state index in [9.17, 15) is 0 Å². The number of allylic oxidation sites excluding steroid dienone is 3. The Hall–Kier alpha value is 0.440. The Morgan fingerprint density at radius 2 is 2.12 bits per heavy atom. The highest BCUT2D eigenvalue weighted by Crippen LogP contribution is 2.20. The second kappa shape index (κ2) is 4.33. The van der Waals surface area contributed by atoms with Gasteiger partial charge in [0.15, 0.2) is 0 Å². The molecule has 0 aromatic rings. The van der Waals surface area contributed by atoms with Crippen LogP contribution in [-0.2, 0) is 0 Å². The lowest BCUT2D eigenvalue weighted by molar-refractivity contribution is 1.20. The summed E-state index contributed by atoms with van der Waals surface area (Å²) in [7, 11) is 0. The minimum absolute atomic E-state index is 1.01. The van der Waals surface area contributed by atoms with E-state index in [0.717, 1.165) is 15.4 Å². The molecule has 0 aliphatic rings. The molecule has 0 heterocycles. The Kier molecular flexibility index (Phi) is 4.57. The fourth-order valence-corrected chi connectivity index (χ4v) is 0.722. The van der Waals surface area contributed by atoms with Crippen molar-refractivity contribution >= 4 is 31.9 Å². The molecule has 0 spiro atoms. The second-order valence-electron chi connectivity index (χ2n) is 1.31. The highest BCUT2D eigenvalue weighted by molar-refractivity contribution is 9.14.